The summed E-state index contributed by atoms with van der Waals surface area (Å²) in [5.74, 6) is 1.11. The molecule has 1 aliphatic heterocycles. The lowest BCUT2D eigenvalue weighted by molar-refractivity contribution is -0.121. The summed E-state index contributed by atoms with van der Waals surface area (Å²) in [5, 5.41) is 3.71. The van der Waals surface area contributed by atoms with Gasteiger partial charge in [0, 0.05) is 5.92 Å². The number of aromatic nitrogens is 3. The average molecular weight is 406 g/mol. The number of nitrogens with one attached hydrogen (secondary N) is 2. The van der Waals surface area contributed by atoms with Crippen molar-refractivity contribution < 1.29 is 4.79 Å². The van der Waals surface area contributed by atoms with Crippen LogP contribution in [0.3, 0.4) is 0 Å². The van der Waals surface area contributed by atoms with Crippen molar-refractivity contribution in [3.8, 4) is 0 Å². The van der Waals surface area contributed by atoms with Gasteiger partial charge in [-0.3, -0.25) is 9.69 Å². The van der Waals surface area contributed by atoms with Crippen molar-refractivity contribution in [3.05, 3.63) is 53.9 Å². The van der Waals surface area contributed by atoms with Crippen molar-refractivity contribution >= 4 is 43.6 Å². The molecular formula is C22H23N5OS. The summed E-state index contributed by atoms with van der Waals surface area (Å²) in [6.45, 7) is 4.67. The number of nitrogens with zero attached hydrogens (tertiary/aromatic N) is 3. The lowest BCUT2D eigenvalue weighted by Gasteiger charge is -2.30. The summed E-state index contributed by atoms with van der Waals surface area (Å²) in [5.41, 5.74) is 4.26. The topological polar surface area (TPSA) is 73.9 Å². The van der Waals surface area contributed by atoms with Gasteiger partial charge in [-0.2, -0.15) is 0 Å². The maximum absolute atomic E-state index is 12.7. The lowest BCUT2D eigenvalue weighted by atomic mass is 9.96. The highest BCUT2D eigenvalue weighted by atomic mass is 32.1. The number of aryl methyl sites for hydroxylation is 1. The van der Waals surface area contributed by atoms with Gasteiger partial charge in [0.2, 0.25) is 5.91 Å². The number of para-hydroxylation sites is 1. The van der Waals surface area contributed by atoms with E-state index in [4.69, 9.17) is 4.98 Å². The number of likely N-dealkylation sites (tertiary alicyclic amines) is 1. The number of thiazole rings is 1. The Morgan fingerprint density at radius 2 is 2.00 bits per heavy atom. The van der Waals surface area contributed by atoms with E-state index in [-0.39, 0.29) is 11.8 Å². The molecule has 1 fully saturated rings. The number of amides is 1. The van der Waals surface area contributed by atoms with Crippen LogP contribution in [0.15, 0.2) is 42.5 Å². The molecule has 0 atom stereocenters. The van der Waals surface area contributed by atoms with Crippen molar-refractivity contribution in [2.24, 2.45) is 5.92 Å². The number of H-pyrrole nitrogens is 1. The van der Waals surface area contributed by atoms with Gasteiger partial charge in [0.15, 0.2) is 5.13 Å². The zero-order valence-electron chi connectivity index (χ0n) is 16.3. The second-order valence-corrected chi connectivity index (χ2v) is 8.76. The summed E-state index contributed by atoms with van der Waals surface area (Å²) in [4.78, 5) is 27.7. The van der Waals surface area contributed by atoms with E-state index >= 15 is 0 Å². The Bertz CT molecular complexity index is 1140. The number of aromatic amines is 1. The van der Waals surface area contributed by atoms with Crippen LogP contribution in [-0.2, 0) is 11.3 Å². The van der Waals surface area contributed by atoms with Crippen molar-refractivity contribution in [3.63, 3.8) is 0 Å². The Morgan fingerprint density at radius 3 is 2.83 bits per heavy atom. The Morgan fingerprint density at radius 1 is 1.17 bits per heavy atom. The smallest absolute Gasteiger partial charge is 0.229 e. The van der Waals surface area contributed by atoms with Crippen molar-refractivity contribution in [1.82, 2.24) is 19.9 Å². The first kappa shape index (κ1) is 18.3. The van der Waals surface area contributed by atoms with Gasteiger partial charge >= 0.3 is 0 Å². The molecule has 6 nitrogen and oxygen atoms in total. The number of fused-ring (bicyclic) bond motifs is 2. The van der Waals surface area contributed by atoms with Crippen molar-refractivity contribution in [2.45, 2.75) is 26.3 Å². The van der Waals surface area contributed by atoms with Gasteiger partial charge < -0.3 is 10.3 Å². The number of hydrogen-bond donors (Lipinski definition) is 2. The van der Waals surface area contributed by atoms with E-state index in [9.17, 15) is 4.79 Å². The third kappa shape index (κ3) is 3.88. The molecular weight excluding hydrogens is 382 g/mol. The fraction of sp³-hybridized carbons (Fsp3) is 0.318. The van der Waals surface area contributed by atoms with E-state index in [1.54, 1.807) is 0 Å². The Balaban J connectivity index is 1.17. The van der Waals surface area contributed by atoms with Crippen LogP contribution in [0.1, 0.15) is 24.2 Å². The van der Waals surface area contributed by atoms with Crippen LogP contribution in [0.4, 0.5) is 5.13 Å². The van der Waals surface area contributed by atoms with Gasteiger partial charge in [0.1, 0.15) is 5.82 Å². The van der Waals surface area contributed by atoms with E-state index in [0.717, 1.165) is 59.6 Å². The minimum Gasteiger partial charge on any atom is -0.341 e. The van der Waals surface area contributed by atoms with Crippen LogP contribution < -0.4 is 5.32 Å². The van der Waals surface area contributed by atoms with Gasteiger partial charge in [-0.05, 0) is 62.7 Å². The van der Waals surface area contributed by atoms with E-state index < -0.39 is 0 Å². The summed E-state index contributed by atoms with van der Waals surface area (Å²) in [6.07, 6.45) is 1.71. The second-order valence-electron chi connectivity index (χ2n) is 7.73. The largest absolute Gasteiger partial charge is 0.341 e. The monoisotopic (exact) mass is 405 g/mol. The molecule has 5 rings (SSSR count). The lowest BCUT2D eigenvalue weighted by Crippen LogP contribution is -2.38. The third-order valence-electron chi connectivity index (χ3n) is 5.54. The molecule has 4 aromatic rings. The quantitative estimate of drug-likeness (QED) is 0.530. The number of anilines is 1. The molecule has 29 heavy (non-hydrogen) atoms. The standard InChI is InChI=1S/C22H23N5OS/c1-14-6-7-16-18(12-14)24-20(23-16)13-27-10-8-15(9-11-27)21(28)26-22-25-17-4-2-3-5-19(17)29-22/h2-7,12,15H,8-11,13H2,1H3,(H,23,24)(H,25,26,28). The van der Waals surface area contributed by atoms with Crippen LogP contribution in [0.2, 0.25) is 0 Å². The van der Waals surface area contributed by atoms with Gasteiger partial charge in [0.25, 0.3) is 0 Å². The molecule has 0 spiro atoms. The Hall–Kier alpha value is -2.77. The predicted octanol–water partition coefficient (Wildman–Crippen LogP) is 4.33. The summed E-state index contributed by atoms with van der Waals surface area (Å²) < 4.78 is 1.10. The predicted molar refractivity (Wildman–Crippen MR) is 117 cm³/mol. The second kappa shape index (κ2) is 7.57. The molecule has 1 aliphatic rings. The number of carbonyl (C=O) groups excluding carboxylic acids is 1. The number of imidazole rings is 1. The molecule has 148 valence electrons. The van der Waals surface area contributed by atoms with Crippen LogP contribution in [0, 0.1) is 12.8 Å². The molecule has 1 saturated heterocycles. The van der Waals surface area contributed by atoms with Crippen LogP contribution in [-0.4, -0.2) is 38.8 Å². The first-order chi connectivity index (χ1) is 14.1. The molecule has 2 aromatic heterocycles. The van der Waals surface area contributed by atoms with Crippen molar-refractivity contribution in [1.29, 1.82) is 0 Å². The molecule has 1 amide bonds. The van der Waals surface area contributed by atoms with Crippen LogP contribution >= 0.6 is 11.3 Å². The first-order valence-corrected chi connectivity index (χ1v) is 10.8. The van der Waals surface area contributed by atoms with Gasteiger partial charge in [-0.15, -0.1) is 0 Å². The van der Waals surface area contributed by atoms with Crippen LogP contribution in [0.25, 0.3) is 21.3 Å². The maximum atomic E-state index is 12.7. The van der Waals surface area contributed by atoms with E-state index in [2.05, 4.69) is 45.3 Å². The molecule has 0 saturated carbocycles. The SMILES string of the molecule is Cc1ccc2nc(CN3CCC(C(=O)Nc4nc5ccccc5s4)CC3)[nH]c2c1. The minimum atomic E-state index is 0.0385. The number of piperidine rings is 1. The molecule has 2 aromatic carbocycles. The molecule has 2 N–H and O–H groups in total. The summed E-state index contributed by atoms with van der Waals surface area (Å²) >= 11 is 1.53. The highest BCUT2D eigenvalue weighted by Gasteiger charge is 2.26. The first-order valence-electron chi connectivity index (χ1n) is 9.98. The maximum Gasteiger partial charge on any atom is 0.229 e. The molecule has 0 unspecified atom stereocenters. The summed E-state index contributed by atoms with van der Waals surface area (Å²) in [6, 6.07) is 14.2. The number of benzene rings is 2. The Kier molecular flexibility index (Phi) is 4.77. The third-order valence-corrected chi connectivity index (χ3v) is 6.49. The highest BCUT2D eigenvalue weighted by Crippen LogP contribution is 2.27. The van der Waals surface area contributed by atoms with Gasteiger partial charge in [-0.25, -0.2) is 9.97 Å². The van der Waals surface area contributed by atoms with Gasteiger partial charge in [-0.1, -0.05) is 29.5 Å². The van der Waals surface area contributed by atoms with Crippen molar-refractivity contribution in [2.75, 3.05) is 18.4 Å². The fourth-order valence-electron chi connectivity index (χ4n) is 3.95. The molecule has 0 radical (unpaired) electrons. The average Bonchev–Trinajstić information content (AvgIpc) is 3.30. The minimum absolute atomic E-state index is 0.0385. The van der Waals surface area contributed by atoms with E-state index in [1.165, 1.54) is 16.9 Å². The zero-order valence-corrected chi connectivity index (χ0v) is 17.1. The van der Waals surface area contributed by atoms with Gasteiger partial charge in [0.05, 0.1) is 27.8 Å². The summed E-state index contributed by atoms with van der Waals surface area (Å²) in [7, 11) is 0. The number of rotatable bonds is 4. The normalized spacial score (nSPS) is 15.9. The van der Waals surface area contributed by atoms with E-state index in [0.29, 0.717) is 5.13 Å². The molecule has 0 aliphatic carbocycles. The van der Waals surface area contributed by atoms with Crippen LogP contribution in [0.5, 0.6) is 0 Å². The fourth-order valence-corrected chi connectivity index (χ4v) is 4.82. The molecule has 0 bridgehead atoms. The number of hydrogen-bond acceptors (Lipinski definition) is 5. The number of carbonyl (C=O) groups is 1. The highest BCUT2D eigenvalue weighted by molar-refractivity contribution is 7.22. The zero-order chi connectivity index (χ0) is 19.8. The Labute approximate surface area is 173 Å². The van der Waals surface area contributed by atoms with E-state index in [1.807, 2.05) is 24.3 Å². The molecule has 7 heteroatoms. The molecule has 3 heterocycles.